The van der Waals surface area contributed by atoms with Gasteiger partial charge in [0.15, 0.2) is 0 Å². The lowest BCUT2D eigenvalue weighted by Gasteiger charge is -2.29. The van der Waals surface area contributed by atoms with Gasteiger partial charge in [-0.2, -0.15) is 5.10 Å². The van der Waals surface area contributed by atoms with E-state index in [0.717, 1.165) is 43.1 Å². The van der Waals surface area contributed by atoms with E-state index in [9.17, 15) is 0 Å². The SMILES string of the molecule is CN1CCOC(Cn2cc(-c3ccccc3N)cn2)C1. The summed E-state index contributed by atoms with van der Waals surface area (Å²) in [5, 5.41) is 4.42. The number of benzene rings is 1. The van der Waals surface area contributed by atoms with Crippen molar-refractivity contribution in [3.8, 4) is 11.1 Å². The van der Waals surface area contributed by atoms with Crippen LogP contribution in [-0.4, -0.2) is 47.5 Å². The van der Waals surface area contributed by atoms with Gasteiger partial charge in [-0.25, -0.2) is 0 Å². The number of nitrogens with two attached hydrogens (primary N) is 1. The molecular formula is C15H20N4O. The number of rotatable bonds is 3. The van der Waals surface area contributed by atoms with Gasteiger partial charge in [0.25, 0.3) is 0 Å². The van der Waals surface area contributed by atoms with Crippen LogP contribution in [0.1, 0.15) is 0 Å². The number of aromatic nitrogens is 2. The molecule has 0 aliphatic carbocycles. The van der Waals surface area contributed by atoms with Crippen LogP contribution in [-0.2, 0) is 11.3 Å². The van der Waals surface area contributed by atoms with Gasteiger partial charge < -0.3 is 15.4 Å². The summed E-state index contributed by atoms with van der Waals surface area (Å²) in [4.78, 5) is 2.29. The molecule has 1 unspecified atom stereocenters. The molecule has 1 aliphatic rings. The monoisotopic (exact) mass is 272 g/mol. The maximum atomic E-state index is 6.00. The number of hydrogen-bond donors (Lipinski definition) is 1. The molecule has 20 heavy (non-hydrogen) atoms. The lowest BCUT2D eigenvalue weighted by molar-refractivity contribution is -0.0290. The number of nitrogen functional groups attached to an aromatic ring is 1. The molecule has 0 bridgehead atoms. The maximum absolute atomic E-state index is 6.00. The Labute approximate surface area is 118 Å². The lowest BCUT2D eigenvalue weighted by Crippen LogP contribution is -2.42. The quantitative estimate of drug-likeness (QED) is 0.860. The smallest absolute Gasteiger partial charge is 0.0897 e. The molecular weight excluding hydrogens is 252 g/mol. The van der Waals surface area contributed by atoms with Crippen molar-refractivity contribution in [2.24, 2.45) is 0 Å². The molecule has 3 rings (SSSR count). The largest absolute Gasteiger partial charge is 0.398 e. The Morgan fingerprint density at radius 1 is 1.40 bits per heavy atom. The van der Waals surface area contributed by atoms with Crippen molar-refractivity contribution in [3.63, 3.8) is 0 Å². The average molecular weight is 272 g/mol. The molecule has 0 spiro atoms. The summed E-state index contributed by atoms with van der Waals surface area (Å²) in [6.07, 6.45) is 4.09. The minimum absolute atomic E-state index is 0.203. The number of anilines is 1. The maximum Gasteiger partial charge on any atom is 0.0897 e. The molecule has 0 amide bonds. The van der Waals surface area contributed by atoms with Crippen LogP contribution in [0.15, 0.2) is 36.7 Å². The second-order valence-corrected chi connectivity index (χ2v) is 5.29. The van der Waals surface area contributed by atoms with Gasteiger partial charge >= 0.3 is 0 Å². The molecule has 2 N–H and O–H groups in total. The number of hydrogen-bond acceptors (Lipinski definition) is 4. The van der Waals surface area contributed by atoms with Crippen LogP contribution in [0.2, 0.25) is 0 Å². The Hall–Kier alpha value is -1.85. The first-order chi connectivity index (χ1) is 9.72. The number of likely N-dealkylation sites (N-methyl/N-ethyl adjacent to an activating group) is 1. The van der Waals surface area contributed by atoms with Crippen molar-refractivity contribution in [1.82, 2.24) is 14.7 Å². The molecule has 1 aliphatic heterocycles. The number of ether oxygens (including phenoxy) is 1. The van der Waals surface area contributed by atoms with E-state index in [4.69, 9.17) is 10.5 Å². The van der Waals surface area contributed by atoms with E-state index < -0.39 is 0 Å². The third-order valence-electron chi connectivity index (χ3n) is 3.64. The van der Waals surface area contributed by atoms with Crippen LogP contribution >= 0.6 is 0 Å². The Bertz CT molecular complexity index is 581. The highest BCUT2D eigenvalue weighted by atomic mass is 16.5. The summed E-state index contributed by atoms with van der Waals surface area (Å²) in [7, 11) is 2.12. The standard InChI is InChI=1S/C15H20N4O/c1-18-6-7-20-13(10-18)11-19-9-12(8-17-19)14-4-2-3-5-15(14)16/h2-5,8-9,13H,6-7,10-11,16H2,1H3. The molecule has 0 radical (unpaired) electrons. The van der Waals surface area contributed by atoms with E-state index in [2.05, 4.69) is 17.0 Å². The van der Waals surface area contributed by atoms with Crippen LogP contribution in [0.25, 0.3) is 11.1 Å². The fourth-order valence-corrected chi connectivity index (χ4v) is 2.55. The minimum Gasteiger partial charge on any atom is -0.398 e. The van der Waals surface area contributed by atoms with Crippen LogP contribution in [0.4, 0.5) is 5.69 Å². The molecule has 2 heterocycles. The zero-order chi connectivity index (χ0) is 13.9. The summed E-state index contributed by atoms with van der Waals surface area (Å²) in [6.45, 7) is 3.52. The molecule has 2 aromatic rings. The zero-order valence-corrected chi connectivity index (χ0v) is 11.7. The second-order valence-electron chi connectivity index (χ2n) is 5.29. The summed E-state index contributed by atoms with van der Waals surface area (Å²) >= 11 is 0. The first-order valence-corrected chi connectivity index (χ1v) is 6.90. The van der Waals surface area contributed by atoms with Crippen LogP contribution < -0.4 is 5.73 Å². The highest BCUT2D eigenvalue weighted by molar-refractivity contribution is 5.75. The van der Waals surface area contributed by atoms with Crippen molar-refractivity contribution < 1.29 is 4.74 Å². The second kappa shape index (κ2) is 5.64. The summed E-state index contributed by atoms with van der Waals surface area (Å²) in [5.74, 6) is 0. The van der Waals surface area contributed by atoms with Gasteiger partial charge in [-0.1, -0.05) is 18.2 Å². The molecule has 0 saturated carbocycles. The van der Waals surface area contributed by atoms with E-state index in [1.165, 1.54) is 0 Å². The Morgan fingerprint density at radius 3 is 3.05 bits per heavy atom. The van der Waals surface area contributed by atoms with Crippen molar-refractivity contribution in [1.29, 1.82) is 0 Å². The molecule has 1 atom stereocenters. The minimum atomic E-state index is 0.203. The van der Waals surface area contributed by atoms with Crippen molar-refractivity contribution in [3.05, 3.63) is 36.7 Å². The van der Waals surface area contributed by atoms with Crippen LogP contribution in [0.3, 0.4) is 0 Å². The fourth-order valence-electron chi connectivity index (χ4n) is 2.55. The van der Waals surface area contributed by atoms with E-state index in [-0.39, 0.29) is 6.10 Å². The summed E-state index contributed by atoms with van der Waals surface area (Å²) in [6, 6.07) is 7.85. The third kappa shape index (κ3) is 2.84. The van der Waals surface area contributed by atoms with Gasteiger partial charge in [-0.3, -0.25) is 4.68 Å². The van der Waals surface area contributed by atoms with Crippen molar-refractivity contribution >= 4 is 5.69 Å². The first kappa shape index (κ1) is 13.1. The first-order valence-electron chi connectivity index (χ1n) is 6.90. The fraction of sp³-hybridized carbons (Fsp3) is 0.400. The molecule has 1 aromatic heterocycles. The van der Waals surface area contributed by atoms with E-state index in [0.29, 0.717) is 0 Å². The predicted octanol–water partition coefficient (Wildman–Crippen LogP) is 1.46. The van der Waals surface area contributed by atoms with Crippen molar-refractivity contribution in [2.45, 2.75) is 12.6 Å². The van der Waals surface area contributed by atoms with E-state index in [1.807, 2.05) is 41.3 Å². The highest BCUT2D eigenvalue weighted by Gasteiger charge is 2.18. The van der Waals surface area contributed by atoms with Gasteiger partial charge in [-0.15, -0.1) is 0 Å². The van der Waals surface area contributed by atoms with Gasteiger partial charge in [-0.05, 0) is 13.1 Å². The molecule has 106 valence electrons. The van der Waals surface area contributed by atoms with Crippen LogP contribution in [0.5, 0.6) is 0 Å². The number of para-hydroxylation sites is 1. The Kier molecular flexibility index (Phi) is 3.71. The van der Waals surface area contributed by atoms with Gasteiger partial charge in [0, 0.05) is 36.1 Å². The van der Waals surface area contributed by atoms with Gasteiger partial charge in [0.2, 0.25) is 0 Å². The van der Waals surface area contributed by atoms with Crippen molar-refractivity contribution in [2.75, 3.05) is 32.5 Å². The normalized spacial score (nSPS) is 20.1. The molecule has 1 fully saturated rings. The van der Waals surface area contributed by atoms with Gasteiger partial charge in [0.1, 0.15) is 0 Å². The number of morpholine rings is 1. The van der Waals surface area contributed by atoms with Crippen LogP contribution in [0, 0.1) is 0 Å². The topological polar surface area (TPSA) is 56.3 Å². The Balaban J connectivity index is 1.72. The van der Waals surface area contributed by atoms with Gasteiger partial charge in [0.05, 0.1) is 25.5 Å². The van der Waals surface area contributed by atoms with E-state index >= 15 is 0 Å². The zero-order valence-electron chi connectivity index (χ0n) is 11.7. The molecule has 5 heteroatoms. The summed E-state index contributed by atoms with van der Waals surface area (Å²) in [5.41, 5.74) is 8.85. The molecule has 1 aromatic carbocycles. The van der Waals surface area contributed by atoms with E-state index in [1.54, 1.807) is 0 Å². The Morgan fingerprint density at radius 2 is 2.25 bits per heavy atom. The molecule has 5 nitrogen and oxygen atoms in total. The number of nitrogens with zero attached hydrogens (tertiary/aromatic N) is 3. The summed E-state index contributed by atoms with van der Waals surface area (Å²) < 4.78 is 7.70. The average Bonchev–Trinajstić information content (AvgIpc) is 2.87. The lowest BCUT2D eigenvalue weighted by atomic mass is 10.1. The molecule has 1 saturated heterocycles. The highest BCUT2D eigenvalue weighted by Crippen LogP contribution is 2.24. The predicted molar refractivity (Wildman–Crippen MR) is 79.3 cm³/mol. The third-order valence-corrected chi connectivity index (χ3v) is 3.64.